The van der Waals surface area contributed by atoms with Crippen molar-refractivity contribution >= 4 is 33.5 Å². The lowest BCUT2D eigenvalue weighted by Crippen LogP contribution is -2.19. The van der Waals surface area contributed by atoms with Crippen LogP contribution in [0.2, 0.25) is 0 Å². The van der Waals surface area contributed by atoms with Gasteiger partial charge in [0.25, 0.3) is 0 Å². The molecule has 0 bridgehead atoms. The predicted octanol–water partition coefficient (Wildman–Crippen LogP) is 4.89. The molecule has 6 nitrogen and oxygen atoms in total. The van der Waals surface area contributed by atoms with Gasteiger partial charge in [-0.3, -0.25) is 0 Å². The van der Waals surface area contributed by atoms with E-state index in [1.54, 1.807) is 6.20 Å². The first-order chi connectivity index (χ1) is 13.0. The Morgan fingerprint density at radius 2 is 2.15 bits per heavy atom. The maximum absolute atomic E-state index is 6.24. The molecule has 3 heterocycles. The van der Waals surface area contributed by atoms with Gasteiger partial charge < -0.3 is 9.47 Å². The van der Waals surface area contributed by atoms with Crippen LogP contribution in [0.4, 0.5) is 0 Å². The topological polar surface area (TPSA) is 62.1 Å². The van der Waals surface area contributed by atoms with Gasteiger partial charge in [-0.1, -0.05) is 0 Å². The Balaban J connectivity index is 1.63. The lowest BCUT2D eigenvalue weighted by molar-refractivity contribution is -0.0368. The highest BCUT2D eigenvalue weighted by Gasteiger charge is 2.21. The second-order valence-electron chi connectivity index (χ2n) is 7.02. The van der Waals surface area contributed by atoms with Crippen LogP contribution in [-0.4, -0.2) is 26.6 Å². The van der Waals surface area contributed by atoms with Crippen LogP contribution in [0, 0.1) is 17.5 Å². The van der Waals surface area contributed by atoms with Gasteiger partial charge in [-0.05, 0) is 86.4 Å². The summed E-state index contributed by atoms with van der Waals surface area (Å²) in [6.07, 6.45) is 5.03. The zero-order chi connectivity index (χ0) is 19.0. The summed E-state index contributed by atoms with van der Waals surface area (Å²) in [5.41, 5.74) is 4.17. The van der Waals surface area contributed by atoms with Gasteiger partial charge in [0.1, 0.15) is 15.6 Å². The van der Waals surface area contributed by atoms with Gasteiger partial charge in [0.05, 0.1) is 17.4 Å². The average molecular weight is 478 g/mol. The van der Waals surface area contributed by atoms with Crippen molar-refractivity contribution in [3.63, 3.8) is 0 Å². The molecule has 1 aliphatic heterocycles. The maximum atomic E-state index is 6.24. The van der Waals surface area contributed by atoms with Crippen molar-refractivity contribution in [3.8, 4) is 5.75 Å². The number of fused-ring (bicyclic) bond motifs is 1. The molecule has 1 unspecified atom stereocenters. The summed E-state index contributed by atoms with van der Waals surface area (Å²) in [5.74, 6) is 0.827. The molecule has 7 heteroatoms. The minimum Gasteiger partial charge on any atom is -0.486 e. The molecule has 1 fully saturated rings. The Morgan fingerprint density at radius 3 is 2.89 bits per heavy atom. The average Bonchev–Trinajstić information content (AvgIpc) is 2.99. The maximum Gasteiger partial charge on any atom is 0.150 e. The van der Waals surface area contributed by atoms with Gasteiger partial charge in [-0.15, -0.1) is 0 Å². The van der Waals surface area contributed by atoms with Crippen molar-refractivity contribution in [1.29, 1.82) is 0 Å². The summed E-state index contributed by atoms with van der Waals surface area (Å²) in [7, 11) is 0. The number of rotatable bonds is 4. The molecule has 0 N–H and O–H groups in total. The lowest BCUT2D eigenvalue weighted by atomic mass is 10.1. The Kier molecular flexibility index (Phi) is 5.32. The zero-order valence-corrected chi connectivity index (χ0v) is 17.9. The standard InChI is InChI=1S/C20H23IN4O2/c1-12-11-22-23-13(2)19(12)14(3)27-15-7-8-17-16(10-15)20(21)24-25(17)18-6-4-5-9-26-18/h7-8,10-11,14,18H,4-6,9H2,1-3H3/t14-,18?/m1/s1. The van der Waals surface area contributed by atoms with Crippen molar-refractivity contribution in [2.75, 3.05) is 6.61 Å². The summed E-state index contributed by atoms with van der Waals surface area (Å²) < 4.78 is 15.1. The van der Waals surface area contributed by atoms with Crippen molar-refractivity contribution < 1.29 is 9.47 Å². The highest BCUT2D eigenvalue weighted by molar-refractivity contribution is 14.1. The lowest BCUT2D eigenvalue weighted by Gasteiger charge is -2.23. The molecule has 4 rings (SSSR count). The Labute approximate surface area is 172 Å². The van der Waals surface area contributed by atoms with Crippen LogP contribution >= 0.6 is 22.6 Å². The second kappa shape index (κ2) is 7.71. The van der Waals surface area contributed by atoms with Crippen molar-refractivity contribution in [1.82, 2.24) is 20.0 Å². The summed E-state index contributed by atoms with van der Waals surface area (Å²) >= 11 is 2.29. The van der Waals surface area contributed by atoms with E-state index in [1.165, 1.54) is 6.42 Å². The van der Waals surface area contributed by atoms with E-state index < -0.39 is 0 Å². The molecule has 2 atom stereocenters. The first-order valence-electron chi connectivity index (χ1n) is 9.29. The number of hydrogen-bond acceptors (Lipinski definition) is 5. The van der Waals surface area contributed by atoms with E-state index in [-0.39, 0.29) is 12.3 Å². The molecule has 1 aliphatic rings. The highest BCUT2D eigenvalue weighted by Crippen LogP contribution is 2.32. The van der Waals surface area contributed by atoms with Crippen LogP contribution in [0.1, 0.15) is 55.3 Å². The van der Waals surface area contributed by atoms with E-state index in [0.717, 1.165) is 56.6 Å². The SMILES string of the molecule is Cc1cnnc(C)c1[C@@H](C)Oc1ccc2c(c1)c(I)nn2C1CCCCO1. The second-order valence-corrected chi connectivity index (χ2v) is 8.04. The molecular formula is C20H23IN4O2. The fraction of sp³-hybridized carbons (Fsp3) is 0.450. The Hall–Kier alpha value is -1.74. The number of halogens is 1. The largest absolute Gasteiger partial charge is 0.486 e. The van der Waals surface area contributed by atoms with Crippen molar-refractivity contribution in [2.45, 2.75) is 52.4 Å². The molecule has 0 saturated carbocycles. The number of aromatic nitrogens is 4. The van der Waals surface area contributed by atoms with E-state index >= 15 is 0 Å². The van der Waals surface area contributed by atoms with Crippen LogP contribution in [-0.2, 0) is 4.74 Å². The van der Waals surface area contributed by atoms with E-state index in [2.05, 4.69) is 44.9 Å². The summed E-state index contributed by atoms with van der Waals surface area (Å²) in [4.78, 5) is 0. The molecule has 1 aromatic carbocycles. The number of ether oxygens (including phenoxy) is 2. The fourth-order valence-corrected chi connectivity index (χ4v) is 4.45. The first-order valence-corrected chi connectivity index (χ1v) is 10.4. The third-order valence-electron chi connectivity index (χ3n) is 5.05. The van der Waals surface area contributed by atoms with Crippen LogP contribution in [0.3, 0.4) is 0 Å². The molecule has 0 amide bonds. The Morgan fingerprint density at radius 1 is 1.30 bits per heavy atom. The van der Waals surface area contributed by atoms with Crippen LogP contribution < -0.4 is 4.74 Å². The summed E-state index contributed by atoms with van der Waals surface area (Å²) in [5, 5.41) is 14.0. The molecule has 0 aliphatic carbocycles. The van der Waals surface area contributed by atoms with E-state index in [1.807, 2.05) is 31.5 Å². The summed E-state index contributed by atoms with van der Waals surface area (Å²) in [6, 6.07) is 6.16. The third-order valence-corrected chi connectivity index (χ3v) is 5.85. The Bertz CT molecular complexity index is 946. The van der Waals surface area contributed by atoms with E-state index in [4.69, 9.17) is 14.6 Å². The molecule has 142 valence electrons. The summed E-state index contributed by atoms with van der Waals surface area (Å²) in [6.45, 7) is 6.86. The van der Waals surface area contributed by atoms with Gasteiger partial charge in [0.2, 0.25) is 0 Å². The predicted molar refractivity (Wildman–Crippen MR) is 112 cm³/mol. The first kappa shape index (κ1) is 18.6. The molecule has 27 heavy (non-hydrogen) atoms. The minimum atomic E-state index is -0.104. The number of aryl methyl sites for hydroxylation is 2. The normalized spacial score (nSPS) is 18.6. The van der Waals surface area contributed by atoms with Gasteiger partial charge in [0.15, 0.2) is 6.23 Å². The molecule has 3 aromatic rings. The van der Waals surface area contributed by atoms with Crippen LogP contribution in [0.25, 0.3) is 10.9 Å². The van der Waals surface area contributed by atoms with Gasteiger partial charge in [-0.2, -0.15) is 15.3 Å². The third kappa shape index (κ3) is 3.67. The molecule has 2 aromatic heterocycles. The van der Waals surface area contributed by atoms with Crippen LogP contribution in [0.15, 0.2) is 24.4 Å². The highest BCUT2D eigenvalue weighted by atomic mass is 127. The number of benzene rings is 1. The van der Waals surface area contributed by atoms with Crippen molar-refractivity contribution in [3.05, 3.63) is 44.9 Å². The molecular weight excluding hydrogens is 455 g/mol. The minimum absolute atomic E-state index is 0.0312. The van der Waals surface area contributed by atoms with E-state index in [0.29, 0.717) is 0 Å². The van der Waals surface area contributed by atoms with Gasteiger partial charge in [-0.25, -0.2) is 4.68 Å². The molecule has 1 saturated heterocycles. The molecule has 0 spiro atoms. The number of hydrogen-bond donors (Lipinski definition) is 0. The van der Waals surface area contributed by atoms with Gasteiger partial charge >= 0.3 is 0 Å². The van der Waals surface area contributed by atoms with Gasteiger partial charge in [0, 0.05) is 17.6 Å². The van der Waals surface area contributed by atoms with E-state index in [9.17, 15) is 0 Å². The number of nitrogens with zero attached hydrogens (tertiary/aromatic N) is 4. The zero-order valence-electron chi connectivity index (χ0n) is 15.8. The van der Waals surface area contributed by atoms with Crippen molar-refractivity contribution in [2.24, 2.45) is 0 Å². The quantitative estimate of drug-likeness (QED) is 0.500. The molecule has 0 radical (unpaired) electrons. The smallest absolute Gasteiger partial charge is 0.150 e. The monoisotopic (exact) mass is 478 g/mol. The van der Waals surface area contributed by atoms with Crippen LogP contribution in [0.5, 0.6) is 5.75 Å². The fourth-order valence-electron chi connectivity index (χ4n) is 3.78.